The van der Waals surface area contributed by atoms with Crippen LogP contribution in [0.1, 0.15) is 46.4 Å². The van der Waals surface area contributed by atoms with Gasteiger partial charge in [-0.05, 0) is 111 Å². The first kappa shape index (κ1) is 40.5. The lowest BCUT2D eigenvalue weighted by atomic mass is 10.2. The number of fused-ring (bicyclic) bond motifs is 1. The van der Waals surface area contributed by atoms with Crippen molar-refractivity contribution in [3.8, 4) is 34.5 Å². The Morgan fingerprint density at radius 2 is 1.16 bits per heavy atom. The van der Waals surface area contributed by atoms with Crippen LogP contribution in [0.3, 0.4) is 0 Å². The first-order chi connectivity index (χ1) is 27.1. The third-order valence-corrected chi connectivity index (χ3v) is 8.10. The van der Waals surface area contributed by atoms with E-state index in [9.17, 15) is 24.0 Å². The van der Waals surface area contributed by atoms with Crippen molar-refractivity contribution < 1.29 is 52.0 Å². The second-order valence-corrected chi connectivity index (χ2v) is 12.2. The lowest BCUT2D eigenvalue weighted by Crippen LogP contribution is -2.10. The number of ether oxygens (including phenoxy) is 6. The molecule has 13 nitrogen and oxygen atoms in total. The summed E-state index contributed by atoms with van der Waals surface area (Å²) in [7, 11) is 0. The van der Waals surface area contributed by atoms with Gasteiger partial charge in [0.15, 0.2) is 0 Å². The van der Waals surface area contributed by atoms with Crippen LogP contribution in [-0.4, -0.2) is 55.3 Å². The normalized spacial score (nSPS) is 10.6. The van der Waals surface area contributed by atoms with Gasteiger partial charge < -0.3 is 32.8 Å². The lowest BCUT2D eigenvalue weighted by Gasteiger charge is -2.10. The molecule has 0 radical (unpaired) electrons. The maximum atomic E-state index is 13.0. The summed E-state index contributed by atoms with van der Waals surface area (Å²) >= 11 is 6.44. The Labute approximate surface area is 326 Å². The highest BCUT2D eigenvalue weighted by Crippen LogP contribution is 2.31. The highest BCUT2D eigenvalue weighted by atomic mass is 35.5. The monoisotopic (exact) mass is 781 g/mol. The van der Waals surface area contributed by atoms with E-state index in [2.05, 4.69) is 18.1 Å². The van der Waals surface area contributed by atoms with Crippen LogP contribution >= 0.6 is 11.6 Å². The second kappa shape index (κ2) is 20.1. The lowest BCUT2D eigenvalue weighted by molar-refractivity contribution is -0.138. The Hall–Kier alpha value is -6.73. The molecule has 5 rings (SSSR count). The zero-order valence-corrected chi connectivity index (χ0v) is 30.8. The molecule has 0 saturated heterocycles. The number of benzene rings is 4. The topological polar surface area (TPSA) is 167 Å². The van der Waals surface area contributed by atoms with E-state index in [1.807, 2.05) is 0 Å². The maximum Gasteiger partial charge on any atom is 0.347 e. The van der Waals surface area contributed by atoms with Crippen molar-refractivity contribution in [3.05, 3.63) is 137 Å². The van der Waals surface area contributed by atoms with Crippen molar-refractivity contribution in [3.63, 3.8) is 0 Å². The molecule has 0 aliphatic carbocycles. The molecule has 0 unspecified atom stereocenters. The SMILES string of the molecule is C=CC(=O)OCCCCOc1ccc(C(=O)Oc2ccc3nc(-c4ccc(OC(=O)c5ccc(OCCCCOC(=O)C=C)cc5)c(Cl)c4)oc(=O)c3c2)cc1. The molecular weight excluding hydrogens is 746 g/mol. The van der Waals surface area contributed by atoms with Crippen molar-refractivity contribution >= 4 is 46.4 Å². The number of hydrogen-bond acceptors (Lipinski definition) is 13. The highest BCUT2D eigenvalue weighted by molar-refractivity contribution is 6.32. The molecule has 0 bridgehead atoms. The van der Waals surface area contributed by atoms with Gasteiger partial charge in [0.25, 0.3) is 0 Å². The van der Waals surface area contributed by atoms with Gasteiger partial charge in [-0.3, -0.25) is 0 Å². The Morgan fingerprint density at radius 3 is 1.70 bits per heavy atom. The number of halogens is 1. The molecular formula is C42H36ClNO12. The van der Waals surface area contributed by atoms with Crippen molar-refractivity contribution in [1.29, 1.82) is 0 Å². The van der Waals surface area contributed by atoms with Crippen LogP contribution in [0.5, 0.6) is 23.0 Å². The highest BCUT2D eigenvalue weighted by Gasteiger charge is 2.16. The first-order valence-electron chi connectivity index (χ1n) is 17.4. The van der Waals surface area contributed by atoms with Gasteiger partial charge in [-0.1, -0.05) is 24.8 Å². The molecule has 4 aromatic carbocycles. The van der Waals surface area contributed by atoms with Crippen molar-refractivity contribution in [2.45, 2.75) is 25.7 Å². The first-order valence-corrected chi connectivity index (χ1v) is 17.7. The quantitative estimate of drug-likeness (QED) is 0.0346. The largest absolute Gasteiger partial charge is 0.494 e. The number of carbonyl (C=O) groups is 4. The van der Waals surface area contributed by atoms with Crippen LogP contribution in [0.25, 0.3) is 22.4 Å². The Morgan fingerprint density at radius 1 is 0.643 bits per heavy atom. The van der Waals surface area contributed by atoms with Gasteiger partial charge in [-0.25, -0.2) is 29.0 Å². The molecule has 288 valence electrons. The molecule has 5 aromatic rings. The molecule has 0 saturated carbocycles. The number of unbranched alkanes of at least 4 members (excludes halogenated alkanes) is 2. The van der Waals surface area contributed by atoms with Crippen LogP contribution in [0.4, 0.5) is 0 Å². The average molecular weight is 782 g/mol. The molecule has 14 heteroatoms. The van der Waals surface area contributed by atoms with Crippen molar-refractivity contribution in [2.24, 2.45) is 0 Å². The van der Waals surface area contributed by atoms with E-state index in [-0.39, 0.29) is 57.7 Å². The number of aromatic nitrogens is 1. The minimum Gasteiger partial charge on any atom is -0.494 e. The van der Waals surface area contributed by atoms with Gasteiger partial charge in [-0.15, -0.1) is 0 Å². The molecule has 0 aliphatic rings. The third kappa shape index (κ3) is 11.6. The van der Waals surface area contributed by atoms with E-state index < -0.39 is 29.5 Å². The van der Waals surface area contributed by atoms with E-state index in [4.69, 9.17) is 44.4 Å². The Balaban J connectivity index is 1.13. The second-order valence-electron chi connectivity index (χ2n) is 11.8. The smallest absolute Gasteiger partial charge is 0.347 e. The molecule has 56 heavy (non-hydrogen) atoms. The number of hydrogen-bond donors (Lipinski definition) is 0. The van der Waals surface area contributed by atoms with E-state index in [1.54, 1.807) is 48.5 Å². The van der Waals surface area contributed by atoms with Crippen LogP contribution in [-0.2, 0) is 19.1 Å². The molecule has 0 fully saturated rings. The fraction of sp³-hybridized carbons (Fsp3) is 0.190. The van der Waals surface area contributed by atoms with Gasteiger partial charge in [0, 0.05) is 17.7 Å². The molecule has 0 N–H and O–H groups in total. The zero-order valence-electron chi connectivity index (χ0n) is 30.0. The van der Waals surface area contributed by atoms with Crippen LogP contribution < -0.4 is 24.6 Å². The molecule has 0 atom stereocenters. The summed E-state index contributed by atoms with van der Waals surface area (Å²) in [6.45, 7) is 8.03. The summed E-state index contributed by atoms with van der Waals surface area (Å²) in [5.41, 5.74) is 0.434. The van der Waals surface area contributed by atoms with Crippen LogP contribution in [0.2, 0.25) is 5.02 Å². The molecule has 0 spiro atoms. The van der Waals surface area contributed by atoms with E-state index in [0.717, 1.165) is 12.2 Å². The third-order valence-electron chi connectivity index (χ3n) is 7.81. The molecule has 1 aromatic heterocycles. The number of nitrogens with zero attached hydrogens (tertiary/aromatic N) is 1. The predicted octanol–water partition coefficient (Wildman–Crippen LogP) is 7.72. The minimum absolute atomic E-state index is 0.0289. The van der Waals surface area contributed by atoms with Crippen molar-refractivity contribution in [1.82, 2.24) is 4.98 Å². The van der Waals surface area contributed by atoms with Gasteiger partial charge in [-0.2, -0.15) is 0 Å². The summed E-state index contributed by atoms with van der Waals surface area (Å²) in [6, 6.07) is 21.6. The average Bonchev–Trinajstić information content (AvgIpc) is 3.21. The van der Waals surface area contributed by atoms with Gasteiger partial charge in [0.05, 0.1) is 53.5 Å². The van der Waals surface area contributed by atoms with Gasteiger partial charge in [0.2, 0.25) is 5.89 Å². The van der Waals surface area contributed by atoms with E-state index >= 15 is 0 Å². The van der Waals surface area contributed by atoms with Crippen LogP contribution in [0, 0.1) is 0 Å². The standard InChI is InChI=1S/C42H36ClNO12/c1-3-37(45)52-23-7-5-21-50-30-14-9-27(10-15-30)40(47)54-32-18-19-35-33(26-32)42(49)56-39(44-35)29-13-20-36(34(43)25-29)55-41(48)28-11-16-31(17-12-28)51-22-6-8-24-53-38(46)4-2/h3-4,9-20,25-26H,1-2,5-8,21-24H2. The number of carbonyl (C=O) groups excluding carboxylic acids is 4. The maximum absolute atomic E-state index is 13.0. The number of rotatable bonds is 19. The summed E-state index contributed by atoms with van der Waals surface area (Å²) < 4.78 is 37.6. The molecule has 0 aliphatic heterocycles. The Bertz CT molecular complexity index is 2270. The fourth-order valence-electron chi connectivity index (χ4n) is 4.91. The number of esters is 4. The zero-order chi connectivity index (χ0) is 39.9. The van der Waals surface area contributed by atoms with Gasteiger partial charge >= 0.3 is 29.5 Å². The van der Waals surface area contributed by atoms with E-state index in [1.165, 1.54) is 36.4 Å². The predicted molar refractivity (Wildman–Crippen MR) is 205 cm³/mol. The summed E-state index contributed by atoms with van der Waals surface area (Å²) in [6.07, 6.45) is 4.80. The fourth-order valence-corrected chi connectivity index (χ4v) is 5.12. The summed E-state index contributed by atoms with van der Waals surface area (Å²) in [4.78, 5) is 65.2. The molecule has 1 heterocycles. The van der Waals surface area contributed by atoms with Crippen molar-refractivity contribution in [2.75, 3.05) is 26.4 Å². The van der Waals surface area contributed by atoms with Crippen LogP contribution in [0.15, 0.2) is 119 Å². The summed E-state index contributed by atoms with van der Waals surface area (Å²) in [5.74, 6) is -0.971. The van der Waals surface area contributed by atoms with E-state index in [0.29, 0.717) is 56.0 Å². The Kier molecular flexibility index (Phi) is 14.5. The minimum atomic E-state index is -0.726. The van der Waals surface area contributed by atoms with Gasteiger partial charge in [0.1, 0.15) is 23.0 Å². The summed E-state index contributed by atoms with van der Waals surface area (Å²) in [5, 5.41) is 0.159. The molecule has 0 amide bonds.